The maximum Gasteiger partial charge on any atom is 0.369 e. The van der Waals surface area contributed by atoms with Crippen LogP contribution in [0.25, 0.3) is 0 Å². The smallest absolute Gasteiger partial charge is 0.369 e. The van der Waals surface area contributed by atoms with Crippen molar-refractivity contribution < 1.29 is 19.5 Å². The normalized spacial score (nSPS) is 9.07. The second kappa shape index (κ2) is 4.80. The molecule has 0 aliphatic rings. The van der Waals surface area contributed by atoms with Crippen LogP contribution in [0, 0.1) is 0 Å². The molecule has 0 aromatic heterocycles. The number of carboxylic acid groups (broad SMARTS) is 1. The first-order chi connectivity index (χ1) is 7.11. The van der Waals surface area contributed by atoms with E-state index in [4.69, 9.17) is 5.11 Å². The molecule has 0 fully saturated rings. The van der Waals surface area contributed by atoms with Gasteiger partial charge in [-0.3, -0.25) is 0 Å². The van der Waals surface area contributed by atoms with Crippen LogP contribution in [-0.2, 0) is 14.4 Å². The van der Waals surface area contributed by atoms with E-state index in [1.807, 2.05) is 0 Å². The van der Waals surface area contributed by atoms with Crippen molar-refractivity contribution in [3.8, 4) is 0 Å². The van der Waals surface area contributed by atoms with Crippen molar-refractivity contribution in [3.63, 3.8) is 0 Å². The number of carboxylic acids is 1. The van der Waals surface area contributed by atoms with Crippen LogP contribution in [0.5, 0.6) is 0 Å². The summed E-state index contributed by atoms with van der Waals surface area (Å²) in [5, 5.41) is 8.42. The summed E-state index contributed by atoms with van der Waals surface area (Å²) in [7, 11) is 0. The summed E-state index contributed by atoms with van der Waals surface area (Å²) in [6, 6.07) is 8.60. The zero-order valence-electron chi connectivity index (χ0n) is 7.77. The molecule has 0 saturated carbocycles. The lowest BCUT2D eigenvalue weighted by Crippen LogP contribution is -2.17. The highest BCUT2D eigenvalue weighted by Gasteiger charge is 2.16. The average Bonchev–Trinajstić information content (AvgIpc) is 2.26. The summed E-state index contributed by atoms with van der Waals surface area (Å²) in [6.45, 7) is 3.05. The SMILES string of the molecule is C=C(C(=O)O)C(=O)ONc1ccccc1. The van der Waals surface area contributed by atoms with E-state index in [0.29, 0.717) is 5.69 Å². The second-order valence-corrected chi connectivity index (χ2v) is 2.64. The molecule has 1 aromatic rings. The van der Waals surface area contributed by atoms with E-state index in [1.165, 1.54) is 0 Å². The van der Waals surface area contributed by atoms with E-state index in [-0.39, 0.29) is 0 Å². The summed E-state index contributed by atoms with van der Waals surface area (Å²) >= 11 is 0. The summed E-state index contributed by atoms with van der Waals surface area (Å²) < 4.78 is 0. The van der Waals surface area contributed by atoms with Crippen molar-refractivity contribution in [1.82, 2.24) is 0 Å². The minimum Gasteiger partial charge on any atom is -0.477 e. The number of hydrogen-bond donors (Lipinski definition) is 2. The fraction of sp³-hybridized carbons (Fsp3) is 0. The van der Waals surface area contributed by atoms with Gasteiger partial charge in [-0.15, -0.1) is 0 Å². The lowest BCUT2D eigenvalue weighted by Gasteiger charge is -2.05. The molecule has 0 amide bonds. The van der Waals surface area contributed by atoms with Crippen LogP contribution in [0.1, 0.15) is 0 Å². The number of nitrogens with one attached hydrogen (secondary N) is 1. The number of aliphatic carboxylic acids is 1. The van der Waals surface area contributed by atoms with Crippen LogP contribution >= 0.6 is 0 Å². The Hall–Kier alpha value is -2.30. The molecule has 0 atom stereocenters. The molecule has 0 spiro atoms. The highest BCUT2D eigenvalue weighted by molar-refractivity contribution is 6.12. The number of carbonyl (C=O) groups is 2. The maximum atomic E-state index is 11.0. The molecule has 0 aliphatic carbocycles. The molecule has 2 N–H and O–H groups in total. The van der Waals surface area contributed by atoms with Crippen LogP contribution in [0.15, 0.2) is 42.5 Å². The monoisotopic (exact) mass is 207 g/mol. The molecule has 0 radical (unpaired) electrons. The molecule has 5 nitrogen and oxygen atoms in total. The first kappa shape index (κ1) is 10.8. The van der Waals surface area contributed by atoms with Gasteiger partial charge in [0.25, 0.3) is 0 Å². The van der Waals surface area contributed by atoms with Gasteiger partial charge in [0.2, 0.25) is 0 Å². The number of hydrogen-bond acceptors (Lipinski definition) is 4. The Morgan fingerprint density at radius 3 is 2.40 bits per heavy atom. The summed E-state index contributed by atoms with van der Waals surface area (Å²) in [4.78, 5) is 25.8. The van der Waals surface area contributed by atoms with Gasteiger partial charge in [0.1, 0.15) is 5.57 Å². The Balaban J connectivity index is 2.48. The average molecular weight is 207 g/mol. The Morgan fingerprint density at radius 1 is 1.27 bits per heavy atom. The minimum absolute atomic E-state index is 0.545. The molecule has 0 bridgehead atoms. The third kappa shape index (κ3) is 3.15. The van der Waals surface area contributed by atoms with Crippen molar-refractivity contribution in [3.05, 3.63) is 42.5 Å². The van der Waals surface area contributed by atoms with Crippen molar-refractivity contribution in [2.24, 2.45) is 0 Å². The van der Waals surface area contributed by atoms with Gasteiger partial charge in [-0.2, -0.15) is 0 Å². The molecule has 15 heavy (non-hydrogen) atoms. The van der Waals surface area contributed by atoms with Gasteiger partial charge in [-0.05, 0) is 12.1 Å². The maximum absolute atomic E-state index is 11.0. The second-order valence-electron chi connectivity index (χ2n) is 2.64. The standard InChI is InChI=1S/C10H9NO4/c1-7(9(12)13)10(14)15-11-8-5-3-2-4-6-8/h2-6,11H,1H2,(H,12,13). The molecule has 0 heterocycles. The Morgan fingerprint density at radius 2 is 1.87 bits per heavy atom. The third-order valence-electron chi connectivity index (χ3n) is 1.54. The van der Waals surface area contributed by atoms with Gasteiger partial charge in [0.15, 0.2) is 0 Å². The van der Waals surface area contributed by atoms with Crippen LogP contribution in [0.2, 0.25) is 0 Å². The minimum atomic E-state index is -1.41. The van der Waals surface area contributed by atoms with Gasteiger partial charge in [-0.25, -0.2) is 15.1 Å². The van der Waals surface area contributed by atoms with Crippen molar-refractivity contribution in [2.45, 2.75) is 0 Å². The first-order valence-electron chi connectivity index (χ1n) is 4.05. The van der Waals surface area contributed by atoms with Crippen molar-refractivity contribution >= 4 is 17.6 Å². The predicted molar refractivity (Wildman–Crippen MR) is 52.9 cm³/mol. The molecule has 5 heteroatoms. The van der Waals surface area contributed by atoms with Crippen molar-refractivity contribution in [2.75, 3.05) is 5.48 Å². The Labute approximate surface area is 85.9 Å². The van der Waals surface area contributed by atoms with Gasteiger partial charge >= 0.3 is 11.9 Å². The van der Waals surface area contributed by atoms with Gasteiger partial charge in [0.05, 0.1) is 5.69 Å². The molecular formula is C10H9NO4. The first-order valence-corrected chi connectivity index (χ1v) is 4.05. The van der Waals surface area contributed by atoms with Crippen molar-refractivity contribution in [1.29, 1.82) is 0 Å². The Kier molecular flexibility index (Phi) is 3.45. The molecule has 0 aliphatic heterocycles. The van der Waals surface area contributed by atoms with E-state index < -0.39 is 17.5 Å². The van der Waals surface area contributed by atoms with Crippen LogP contribution in [-0.4, -0.2) is 17.0 Å². The zero-order valence-corrected chi connectivity index (χ0v) is 7.77. The fourth-order valence-corrected chi connectivity index (χ4v) is 0.760. The Bertz CT molecular complexity index is 386. The number of anilines is 1. The van der Waals surface area contributed by atoms with Gasteiger partial charge in [-0.1, -0.05) is 24.8 Å². The molecule has 1 aromatic carbocycles. The summed E-state index contributed by atoms with van der Waals surface area (Å²) in [6.07, 6.45) is 0. The van der Waals surface area contributed by atoms with E-state index in [9.17, 15) is 9.59 Å². The quantitative estimate of drug-likeness (QED) is 0.336. The molecule has 1 rings (SSSR count). The van der Waals surface area contributed by atoms with Crippen LogP contribution in [0.3, 0.4) is 0 Å². The largest absolute Gasteiger partial charge is 0.477 e. The molecule has 0 unspecified atom stereocenters. The third-order valence-corrected chi connectivity index (χ3v) is 1.54. The van der Waals surface area contributed by atoms with Gasteiger partial charge < -0.3 is 9.94 Å². The highest BCUT2D eigenvalue weighted by Crippen LogP contribution is 2.05. The highest BCUT2D eigenvalue weighted by atomic mass is 16.7. The number of rotatable bonds is 4. The number of benzene rings is 1. The van der Waals surface area contributed by atoms with Gasteiger partial charge in [0, 0.05) is 0 Å². The lowest BCUT2D eigenvalue weighted by atomic mass is 10.3. The van der Waals surface area contributed by atoms with E-state index >= 15 is 0 Å². The van der Waals surface area contributed by atoms with Crippen LogP contribution < -0.4 is 5.48 Å². The summed E-state index contributed by atoms with van der Waals surface area (Å²) in [5.74, 6) is -2.43. The molecular weight excluding hydrogens is 198 g/mol. The van der Waals surface area contributed by atoms with E-state index in [2.05, 4.69) is 16.9 Å². The van der Waals surface area contributed by atoms with E-state index in [1.54, 1.807) is 30.3 Å². The lowest BCUT2D eigenvalue weighted by molar-refractivity contribution is -0.142. The zero-order chi connectivity index (χ0) is 11.3. The number of carbonyl (C=O) groups excluding carboxylic acids is 1. The predicted octanol–water partition coefficient (Wildman–Crippen LogP) is 1.20. The number of para-hydroxylation sites is 1. The van der Waals surface area contributed by atoms with E-state index in [0.717, 1.165) is 0 Å². The molecule has 78 valence electrons. The van der Waals surface area contributed by atoms with Crippen LogP contribution in [0.4, 0.5) is 5.69 Å². The molecule has 0 saturated heterocycles. The fourth-order valence-electron chi connectivity index (χ4n) is 0.760. The topological polar surface area (TPSA) is 75.6 Å². The summed E-state index contributed by atoms with van der Waals surface area (Å²) in [5.41, 5.74) is 2.23.